The van der Waals surface area contributed by atoms with E-state index < -0.39 is 15.3 Å². The molecule has 1 atom stereocenters. The van der Waals surface area contributed by atoms with E-state index in [0.29, 0.717) is 12.3 Å². The standard InChI is InChI=1S/C23H29N3O5S3/c1-3-5-6-7-14-31-18-12-10-17(11-13-18)24-20(27)16-19-22(28)26(4-2)23(33-19)25-34(29,30)21-9-8-15-32-21/h8-13,15,19H,3-7,14,16H2,1-2H3,(H,24,27). The molecule has 1 aromatic carbocycles. The van der Waals surface area contributed by atoms with Crippen LogP contribution in [0.3, 0.4) is 0 Å². The summed E-state index contributed by atoms with van der Waals surface area (Å²) >= 11 is 2.07. The summed E-state index contributed by atoms with van der Waals surface area (Å²) in [5.41, 5.74) is 0.597. The lowest BCUT2D eigenvalue weighted by atomic mass is 10.2. The molecule has 1 N–H and O–H groups in total. The summed E-state index contributed by atoms with van der Waals surface area (Å²) in [6.07, 6.45) is 4.44. The van der Waals surface area contributed by atoms with Gasteiger partial charge in [-0.25, -0.2) is 0 Å². The summed E-state index contributed by atoms with van der Waals surface area (Å²) in [7, 11) is -3.90. The van der Waals surface area contributed by atoms with Gasteiger partial charge in [0.15, 0.2) is 5.17 Å². The Bertz CT molecular complexity index is 1100. The molecule has 3 rings (SSSR count). The molecule has 34 heavy (non-hydrogen) atoms. The molecule has 1 aliphatic heterocycles. The number of sulfonamides is 1. The number of hydrogen-bond donors (Lipinski definition) is 1. The van der Waals surface area contributed by atoms with Gasteiger partial charge in [-0.1, -0.05) is 44.0 Å². The van der Waals surface area contributed by atoms with Gasteiger partial charge in [0.2, 0.25) is 11.8 Å². The third kappa shape index (κ3) is 7.07. The number of nitrogens with one attached hydrogen (secondary N) is 1. The van der Waals surface area contributed by atoms with E-state index in [0.717, 1.165) is 41.7 Å². The Labute approximate surface area is 208 Å². The van der Waals surface area contributed by atoms with Gasteiger partial charge in [-0.2, -0.15) is 8.42 Å². The van der Waals surface area contributed by atoms with Gasteiger partial charge in [-0.05, 0) is 49.1 Å². The highest BCUT2D eigenvalue weighted by Crippen LogP contribution is 2.32. The van der Waals surface area contributed by atoms with Crippen LogP contribution in [0.25, 0.3) is 0 Å². The third-order valence-corrected chi connectivity index (χ3v) is 8.99. The number of amidine groups is 1. The summed E-state index contributed by atoms with van der Waals surface area (Å²) in [6, 6.07) is 10.2. The first-order valence-corrected chi connectivity index (χ1v) is 14.4. The maximum Gasteiger partial charge on any atom is 0.294 e. The Morgan fingerprint density at radius 2 is 1.91 bits per heavy atom. The molecular weight excluding hydrogens is 494 g/mol. The normalized spacial score (nSPS) is 17.4. The molecule has 1 fully saturated rings. The second-order valence-corrected chi connectivity index (χ2v) is 11.6. The minimum Gasteiger partial charge on any atom is -0.494 e. The number of amides is 2. The molecule has 0 bridgehead atoms. The van der Waals surface area contributed by atoms with Crippen molar-refractivity contribution in [3.05, 3.63) is 41.8 Å². The van der Waals surface area contributed by atoms with Crippen LogP contribution in [0.15, 0.2) is 50.4 Å². The van der Waals surface area contributed by atoms with Crippen LogP contribution < -0.4 is 10.1 Å². The van der Waals surface area contributed by atoms with Crippen molar-refractivity contribution in [2.24, 2.45) is 4.40 Å². The zero-order valence-corrected chi connectivity index (χ0v) is 21.7. The topological polar surface area (TPSA) is 105 Å². The number of carbonyl (C=O) groups is 2. The predicted octanol–water partition coefficient (Wildman–Crippen LogP) is 4.74. The number of thioether (sulfide) groups is 1. The minimum absolute atomic E-state index is 0.0895. The first-order valence-electron chi connectivity index (χ1n) is 11.2. The maximum atomic E-state index is 12.8. The first kappa shape index (κ1) is 26.2. The average Bonchev–Trinajstić information content (AvgIpc) is 3.44. The minimum atomic E-state index is -3.90. The number of hydrogen-bond acceptors (Lipinski definition) is 7. The number of ether oxygens (including phenoxy) is 1. The Hall–Kier alpha value is -2.37. The van der Waals surface area contributed by atoms with E-state index in [-0.39, 0.29) is 34.2 Å². The van der Waals surface area contributed by atoms with Crippen LogP contribution in [0.5, 0.6) is 5.75 Å². The predicted molar refractivity (Wildman–Crippen MR) is 137 cm³/mol. The van der Waals surface area contributed by atoms with Crippen molar-refractivity contribution in [2.75, 3.05) is 18.5 Å². The molecule has 8 nitrogen and oxygen atoms in total. The molecule has 0 spiro atoms. The molecule has 1 aromatic heterocycles. The third-order valence-electron chi connectivity index (χ3n) is 5.06. The molecule has 1 unspecified atom stereocenters. The Morgan fingerprint density at radius 3 is 2.56 bits per heavy atom. The SMILES string of the molecule is CCCCCCOc1ccc(NC(=O)CC2SC(=NS(=O)(=O)c3cccs3)N(CC)C2=O)cc1. The lowest BCUT2D eigenvalue weighted by molar-refractivity contribution is -0.128. The van der Waals surface area contributed by atoms with Crippen molar-refractivity contribution in [2.45, 2.75) is 55.4 Å². The molecule has 1 aliphatic rings. The largest absolute Gasteiger partial charge is 0.494 e. The van der Waals surface area contributed by atoms with Crippen LogP contribution in [0.2, 0.25) is 0 Å². The van der Waals surface area contributed by atoms with Gasteiger partial charge >= 0.3 is 0 Å². The zero-order valence-electron chi connectivity index (χ0n) is 19.2. The van der Waals surface area contributed by atoms with Gasteiger partial charge in [-0.15, -0.1) is 15.7 Å². The first-order chi connectivity index (χ1) is 16.3. The summed E-state index contributed by atoms with van der Waals surface area (Å²) in [5.74, 6) is 0.0783. The van der Waals surface area contributed by atoms with Crippen molar-refractivity contribution in [1.82, 2.24) is 4.90 Å². The van der Waals surface area contributed by atoms with Gasteiger partial charge < -0.3 is 10.1 Å². The second-order valence-electron chi connectivity index (χ2n) is 7.66. The monoisotopic (exact) mass is 523 g/mol. The molecule has 1 saturated heterocycles. The van der Waals surface area contributed by atoms with Crippen molar-refractivity contribution >= 4 is 55.8 Å². The average molecular weight is 524 g/mol. The molecule has 2 aromatic rings. The second kappa shape index (κ2) is 12.4. The van der Waals surface area contributed by atoms with E-state index in [4.69, 9.17) is 4.74 Å². The van der Waals surface area contributed by atoms with E-state index in [1.807, 2.05) is 0 Å². The number of nitrogens with zero attached hydrogens (tertiary/aromatic N) is 2. The number of unbranched alkanes of at least 4 members (excludes halogenated alkanes) is 3. The highest BCUT2D eigenvalue weighted by atomic mass is 32.2. The smallest absolute Gasteiger partial charge is 0.294 e. The van der Waals surface area contributed by atoms with E-state index in [1.54, 1.807) is 42.6 Å². The fraction of sp³-hybridized carbons (Fsp3) is 0.435. The van der Waals surface area contributed by atoms with Gasteiger partial charge in [0.05, 0.1) is 6.61 Å². The fourth-order valence-corrected chi connectivity index (χ4v) is 6.68. The molecule has 0 saturated carbocycles. The van der Waals surface area contributed by atoms with Gasteiger partial charge in [0.25, 0.3) is 10.0 Å². The number of anilines is 1. The fourth-order valence-electron chi connectivity index (χ4n) is 3.29. The van der Waals surface area contributed by atoms with Crippen molar-refractivity contribution in [3.63, 3.8) is 0 Å². The summed E-state index contributed by atoms with van der Waals surface area (Å²) in [6.45, 7) is 4.83. The summed E-state index contributed by atoms with van der Waals surface area (Å²) < 4.78 is 34.7. The number of benzene rings is 1. The number of thiophene rings is 1. The molecule has 2 amide bonds. The van der Waals surface area contributed by atoms with Crippen molar-refractivity contribution < 1.29 is 22.7 Å². The number of carbonyl (C=O) groups excluding carboxylic acids is 2. The Morgan fingerprint density at radius 1 is 1.15 bits per heavy atom. The molecule has 2 heterocycles. The van der Waals surface area contributed by atoms with Crippen LogP contribution in [-0.4, -0.2) is 48.7 Å². The molecular formula is C23H29N3O5S3. The Kier molecular flexibility index (Phi) is 9.54. The van der Waals surface area contributed by atoms with Gasteiger partial charge in [0.1, 0.15) is 15.2 Å². The maximum absolute atomic E-state index is 12.8. The lowest BCUT2D eigenvalue weighted by Crippen LogP contribution is -2.33. The highest BCUT2D eigenvalue weighted by Gasteiger charge is 2.39. The Balaban J connectivity index is 1.56. The molecule has 11 heteroatoms. The molecule has 0 aliphatic carbocycles. The van der Waals surface area contributed by atoms with Gasteiger partial charge in [0, 0.05) is 18.7 Å². The van der Waals surface area contributed by atoms with Crippen molar-refractivity contribution in [1.29, 1.82) is 0 Å². The summed E-state index contributed by atoms with van der Waals surface area (Å²) in [5, 5.41) is 3.80. The lowest BCUT2D eigenvalue weighted by Gasteiger charge is -2.13. The highest BCUT2D eigenvalue weighted by molar-refractivity contribution is 8.16. The van der Waals surface area contributed by atoms with E-state index in [9.17, 15) is 18.0 Å². The van der Waals surface area contributed by atoms with E-state index in [2.05, 4.69) is 16.6 Å². The quantitative estimate of drug-likeness (QED) is 0.403. The van der Waals surface area contributed by atoms with Gasteiger partial charge in [-0.3, -0.25) is 14.5 Å². The van der Waals surface area contributed by atoms with Crippen LogP contribution in [0.1, 0.15) is 46.0 Å². The zero-order chi connectivity index (χ0) is 24.6. The molecule has 0 radical (unpaired) electrons. The van der Waals surface area contributed by atoms with Crippen LogP contribution >= 0.6 is 23.1 Å². The van der Waals surface area contributed by atoms with Crippen LogP contribution in [0.4, 0.5) is 5.69 Å². The van der Waals surface area contributed by atoms with Crippen molar-refractivity contribution in [3.8, 4) is 5.75 Å². The van der Waals surface area contributed by atoms with Crippen LogP contribution in [-0.2, 0) is 19.6 Å². The summed E-state index contributed by atoms with van der Waals surface area (Å²) in [4.78, 5) is 26.6. The van der Waals surface area contributed by atoms with E-state index >= 15 is 0 Å². The molecule has 184 valence electrons. The number of rotatable bonds is 12. The van der Waals surface area contributed by atoms with E-state index in [1.165, 1.54) is 23.8 Å². The van der Waals surface area contributed by atoms with Crippen LogP contribution in [0, 0.1) is 0 Å².